The zero-order valence-corrected chi connectivity index (χ0v) is 7.14. The number of nitrogens with zero attached hydrogens (tertiary/aromatic N) is 1. The Kier molecular flexibility index (Phi) is 2.88. The summed E-state index contributed by atoms with van der Waals surface area (Å²) in [6.45, 7) is 0. The predicted molar refractivity (Wildman–Crippen MR) is 41.6 cm³/mol. The zero-order chi connectivity index (χ0) is 11.8. The minimum Gasteiger partial charge on any atom is -0.425 e. The van der Waals surface area contributed by atoms with Crippen molar-refractivity contribution in [2.45, 2.75) is 12.0 Å². The molecule has 1 unspecified atom stereocenters. The first-order valence-corrected chi connectivity index (χ1v) is 3.74. The van der Waals surface area contributed by atoms with Crippen molar-refractivity contribution < 1.29 is 27.6 Å². The average molecular weight is 221 g/mol. The van der Waals surface area contributed by atoms with Crippen LogP contribution >= 0.6 is 0 Å². The molecular formula is C7H4BF4NO2. The molecular weight excluding hydrogens is 217 g/mol. The average Bonchev–Trinajstić information content (AvgIpc) is 2.15. The lowest BCUT2D eigenvalue weighted by atomic mass is 9.64. The van der Waals surface area contributed by atoms with E-state index in [1.807, 2.05) is 0 Å². The van der Waals surface area contributed by atoms with Gasteiger partial charge in [0.25, 0.3) is 0 Å². The number of halogens is 4. The van der Waals surface area contributed by atoms with E-state index in [1.54, 1.807) is 0 Å². The molecule has 1 rings (SSSR count). The maximum Gasteiger partial charge on any atom is 0.499 e. The van der Waals surface area contributed by atoms with Crippen LogP contribution in [-0.4, -0.2) is 22.7 Å². The van der Waals surface area contributed by atoms with Gasteiger partial charge in [-0.15, -0.1) is 0 Å². The molecule has 80 valence electrons. The van der Waals surface area contributed by atoms with Gasteiger partial charge in [-0.2, -0.15) is 5.26 Å². The molecule has 15 heavy (non-hydrogen) atoms. The van der Waals surface area contributed by atoms with Gasteiger partial charge in [-0.05, 0) is 0 Å². The molecule has 0 saturated heterocycles. The van der Waals surface area contributed by atoms with Gasteiger partial charge >= 0.3 is 7.12 Å². The molecule has 0 aromatic carbocycles. The highest BCUT2D eigenvalue weighted by atomic mass is 19.2. The quantitative estimate of drug-likeness (QED) is 0.512. The van der Waals surface area contributed by atoms with E-state index in [4.69, 9.17) is 15.3 Å². The smallest absolute Gasteiger partial charge is 0.425 e. The molecule has 0 aliphatic heterocycles. The molecule has 2 N–H and O–H groups in total. The van der Waals surface area contributed by atoms with Crippen molar-refractivity contribution in [1.82, 2.24) is 0 Å². The molecule has 1 atom stereocenters. The van der Waals surface area contributed by atoms with Crippen LogP contribution in [0.15, 0.2) is 23.1 Å². The Labute approximate surface area is 82.1 Å². The summed E-state index contributed by atoms with van der Waals surface area (Å²) in [4.78, 5) is 0. The van der Waals surface area contributed by atoms with E-state index >= 15 is 0 Å². The number of alkyl halides is 1. The molecule has 0 spiro atoms. The summed E-state index contributed by atoms with van der Waals surface area (Å²) in [6.07, 6.45) is -1.42. The Balaban J connectivity index is 3.32. The zero-order valence-electron chi connectivity index (χ0n) is 7.14. The van der Waals surface area contributed by atoms with Crippen LogP contribution in [0.3, 0.4) is 0 Å². The van der Waals surface area contributed by atoms with Crippen molar-refractivity contribution in [3.63, 3.8) is 0 Å². The Morgan fingerprint density at radius 2 is 1.87 bits per heavy atom. The minimum atomic E-state index is -3.57. The van der Waals surface area contributed by atoms with Gasteiger partial charge in [0.1, 0.15) is 17.5 Å². The van der Waals surface area contributed by atoms with Crippen molar-refractivity contribution in [2.75, 3.05) is 0 Å². The van der Waals surface area contributed by atoms with Gasteiger partial charge < -0.3 is 10.0 Å². The van der Waals surface area contributed by atoms with Gasteiger partial charge in [0.2, 0.25) is 5.57 Å². The van der Waals surface area contributed by atoms with Crippen LogP contribution in [0.2, 0.25) is 0 Å². The van der Waals surface area contributed by atoms with Gasteiger partial charge in [-0.1, -0.05) is 0 Å². The predicted octanol–water partition coefficient (Wildman–Crippen LogP) is 1.01. The summed E-state index contributed by atoms with van der Waals surface area (Å²) in [5.74, 6) is -5.79. The first kappa shape index (κ1) is 11.7. The second-order valence-corrected chi connectivity index (χ2v) is 2.93. The normalized spacial score (nSPS) is 26.7. The van der Waals surface area contributed by atoms with E-state index in [1.165, 1.54) is 0 Å². The fraction of sp³-hybridized carbons (Fsp3) is 0.286. The molecule has 0 aromatic rings. The van der Waals surface area contributed by atoms with E-state index in [9.17, 15) is 17.6 Å². The van der Waals surface area contributed by atoms with Crippen LogP contribution in [0.1, 0.15) is 6.42 Å². The second-order valence-electron chi connectivity index (χ2n) is 2.93. The Bertz CT molecular complexity index is 400. The largest absolute Gasteiger partial charge is 0.499 e. The molecule has 0 bridgehead atoms. The van der Waals surface area contributed by atoms with Crippen LogP contribution in [0.4, 0.5) is 17.6 Å². The third kappa shape index (κ3) is 1.64. The van der Waals surface area contributed by atoms with Crippen molar-refractivity contribution in [1.29, 1.82) is 5.26 Å². The van der Waals surface area contributed by atoms with E-state index in [-0.39, 0.29) is 0 Å². The van der Waals surface area contributed by atoms with Gasteiger partial charge in [0.15, 0.2) is 11.7 Å². The van der Waals surface area contributed by atoms with Crippen molar-refractivity contribution >= 4 is 7.12 Å². The monoisotopic (exact) mass is 221 g/mol. The third-order valence-corrected chi connectivity index (χ3v) is 1.98. The topological polar surface area (TPSA) is 64.2 Å². The van der Waals surface area contributed by atoms with Crippen LogP contribution in [-0.2, 0) is 0 Å². The molecule has 0 saturated carbocycles. The maximum atomic E-state index is 13.3. The van der Waals surface area contributed by atoms with E-state index in [2.05, 4.69) is 0 Å². The number of rotatable bonds is 1. The van der Waals surface area contributed by atoms with Crippen LogP contribution < -0.4 is 0 Å². The number of hydrogen-bond acceptors (Lipinski definition) is 3. The molecule has 1 aliphatic rings. The first-order valence-electron chi connectivity index (χ1n) is 3.74. The highest BCUT2D eigenvalue weighted by molar-refractivity contribution is 6.46. The second kappa shape index (κ2) is 3.68. The van der Waals surface area contributed by atoms with E-state index in [0.29, 0.717) is 0 Å². The van der Waals surface area contributed by atoms with Crippen LogP contribution in [0, 0.1) is 11.3 Å². The molecule has 0 fully saturated rings. The van der Waals surface area contributed by atoms with Gasteiger partial charge in [0, 0.05) is 6.42 Å². The standard InChI is InChI=1S/C7H4BF4NO2/c9-4-1-7(12,8(14)15)6(11)5(10)3(4)2-13/h14-15H,1H2. The summed E-state index contributed by atoms with van der Waals surface area (Å²) in [5.41, 5.74) is -4.84. The molecule has 0 radical (unpaired) electrons. The third-order valence-electron chi connectivity index (χ3n) is 1.98. The highest BCUT2D eigenvalue weighted by Crippen LogP contribution is 2.42. The van der Waals surface area contributed by atoms with Crippen LogP contribution in [0.5, 0.6) is 0 Å². The fourth-order valence-electron chi connectivity index (χ4n) is 1.12. The molecule has 3 nitrogen and oxygen atoms in total. The minimum absolute atomic E-state index is 1.01. The van der Waals surface area contributed by atoms with Crippen LogP contribution in [0.25, 0.3) is 0 Å². The Hall–Kier alpha value is -1.33. The van der Waals surface area contributed by atoms with Gasteiger partial charge in [0.05, 0.1) is 0 Å². The van der Waals surface area contributed by atoms with Crippen molar-refractivity contribution in [3.8, 4) is 6.07 Å². The highest BCUT2D eigenvalue weighted by Gasteiger charge is 2.53. The number of allylic oxidation sites excluding steroid dienone is 4. The summed E-state index contributed by atoms with van der Waals surface area (Å²) in [6, 6.07) is 1.01. The summed E-state index contributed by atoms with van der Waals surface area (Å²) >= 11 is 0. The number of hydrogen-bond donors (Lipinski definition) is 2. The Morgan fingerprint density at radius 1 is 1.33 bits per heavy atom. The lowest BCUT2D eigenvalue weighted by Gasteiger charge is -2.25. The van der Waals surface area contributed by atoms with E-state index in [0.717, 1.165) is 6.07 Å². The number of nitriles is 1. The van der Waals surface area contributed by atoms with Crippen molar-refractivity contribution in [3.05, 3.63) is 23.1 Å². The van der Waals surface area contributed by atoms with Gasteiger partial charge in [-0.3, -0.25) is 0 Å². The molecule has 0 amide bonds. The molecule has 0 heterocycles. The maximum absolute atomic E-state index is 13.3. The molecule has 1 aliphatic carbocycles. The van der Waals surface area contributed by atoms with Gasteiger partial charge in [-0.25, -0.2) is 17.6 Å². The van der Waals surface area contributed by atoms with Crippen molar-refractivity contribution in [2.24, 2.45) is 0 Å². The molecule has 0 aromatic heterocycles. The Morgan fingerprint density at radius 3 is 2.27 bits per heavy atom. The molecule has 8 heteroatoms. The summed E-state index contributed by atoms with van der Waals surface area (Å²) < 4.78 is 52.0. The summed E-state index contributed by atoms with van der Waals surface area (Å²) in [5, 5.41) is 25.2. The first-order chi connectivity index (χ1) is 6.84. The summed E-state index contributed by atoms with van der Waals surface area (Å²) in [7, 11) is -2.91. The lowest BCUT2D eigenvalue weighted by Crippen LogP contribution is -2.45. The lowest BCUT2D eigenvalue weighted by molar-refractivity contribution is 0.181. The van der Waals surface area contributed by atoms with E-state index < -0.39 is 42.2 Å². The SMILES string of the molecule is N#CC1=C(F)CC(F)(B(O)O)C(F)=C1F. The fourth-order valence-corrected chi connectivity index (χ4v) is 1.12.